The number of hydrogen-bond acceptors (Lipinski definition) is 4. The lowest BCUT2D eigenvalue weighted by atomic mass is 10.0. The van der Waals surface area contributed by atoms with Gasteiger partial charge in [-0.3, -0.25) is 9.59 Å². The molecular weight excluding hydrogens is 354 g/mol. The smallest absolute Gasteiger partial charge is 0.257 e. The van der Waals surface area contributed by atoms with Gasteiger partial charge in [-0.25, -0.2) is 0 Å². The van der Waals surface area contributed by atoms with E-state index in [-0.39, 0.29) is 30.3 Å². The zero-order chi connectivity index (χ0) is 17.8. The van der Waals surface area contributed by atoms with Crippen molar-refractivity contribution in [3.63, 3.8) is 0 Å². The first kappa shape index (κ1) is 20.0. The molecule has 1 saturated heterocycles. The maximum Gasteiger partial charge on any atom is 0.257 e. The van der Waals surface area contributed by atoms with Crippen LogP contribution in [0.3, 0.4) is 0 Å². The van der Waals surface area contributed by atoms with Gasteiger partial charge in [0.2, 0.25) is 5.91 Å². The van der Waals surface area contributed by atoms with Crippen molar-refractivity contribution >= 4 is 24.2 Å². The van der Waals surface area contributed by atoms with Crippen molar-refractivity contribution in [2.45, 2.75) is 31.8 Å². The van der Waals surface area contributed by atoms with Crippen molar-refractivity contribution in [3.05, 3.63) is 59.5 Å². The van der Waals surface area contributed by atoms with Crippen LogP contribution >= 0.6 is 12.4 Å². The predicted molar refractivity (Wildman–Crippen MR) is 101 cm³/mol. The number of likely N-dealkylation sites (tertiary alicyclic amines) is 1. The number of amides is 2. The van der Waals surface area contributed by atoms with Crippen LogP contribution < -0.4 is 11.1 Å². The molecule has 1 aromatic carbocycles. The molecule has 1 aliphatic rings. The molecule has 140 valence electrons. The number of aryl methyl sites for hydroxylation is 1. The topological polar surface area (TPSA) is 88.6 Å². The first-order chi connectivity index (χ1) is 12.0. The Morgan fingerprint density at radius 2 is 1.85 bits per heavy atom. The lowest BCUT2D eigenvalue weighted by Gasteiger charge is -2.32. The van der Waals surface area contributed by atoms with E-state index in [9.17, 15) is 9.59 Å². The van der Waals surface area contributed by atoms with E-state index in [1.807, 2.05) is 31.2 Å². The first-order valence-corrected chi connectivity index (χ1v) is 8.48. The minimum absolute atomic E-state index is 0. The van der Waals surface area contributed by atoms with Crippen molar-refractivity contribution in [1.29, 1.82) is 0 Å². The van der Waals surface area contributed by atoms with Crippen LogP contribution in [0.1, 0.15) is 40.4 Å². The van der Waals surface area contributed by atoms with Gasteiger partial charge in [0.15, 0.2) is 0 Å². The molecule has 0 radical (unpaired) electrons. The van der Waals surface area contributed by atoms with Crippen molar-refractivity contribution < 1.29 is 14.0 Å². The van der Waals surface area contributed by atoms with E-state index in [1.165, 1.54) is 12.5 Å². The van der Waals surface area contributed by atoms with Gasteiger partial charge in [0.1, 0.15) is 12.3 Å². The number of carbonyl (C=O) groups is 2. The molecule has 0 spiro atoms. The minimum atomic E-state index is -0.675. The SMILES string of the molecule is Cc1ccc(C(N)C(=O)NC2CCN(C(=O)c3ccoc3)CC2)cc1.Cl. The summed E-state index contributed by atoms with van der Waals surface area (Å²) < 4.78 is 4.96. The third kappa shape index (κ3) is 4.65. The Balaban J connectivity index is 0.00000243. The summed E-state index contributed by atoms with van der Waals surface area (Å²) in [5.74, 6) is -0.210. The van der Waals surface area contributed by atoms with Crippen LogP contribution in [0, 0.1) is 6.92 Å². The van der Waals surface area contributed by atoms with Crippen LogP contribution in [-0.2, 0) is 4.79 Å². The third-order valence-electron chi connectivity index (χ3n) is 4.62. The average Bonchev–Trinajstić information content (AvgIpc) is 3.16. The molecule has 1 aliphatic heterocycles. The quantitative estimate of drug-likeness (QED) is 0.856. The molecule has 2 aromatic rings. The molecule has 3 N–H and O–H groups in total. The van der Waals surface area contributed by atoms with Gasteiger partial charge in [-0.2, -0.15) is 0 Å². The molecule has 26 heavy (non-hydrogen) atoms. The average molecular weight is 378 g/mol. The van der Waals surface area contributed by atoms with Crippen molar-refractivity contribution in [2.24, 2.45) is 5.73 Å². The highest BCUT2D eigenvalue weighted by atomic mass is 35.5. The number of carbonyl (C=O) groups excluding carboxylic acids is 2. The van der Waals surface area contributed by atoms with Gasteiger partial charge in [0, 0.05) is 19.1 Å². The Hall–Kier alpha value is -2.31. The van der Waals surface area contributed by atoms with Crippen molar-refractivity contribution in [3.8, 4) is 0 Å². The van der Waals surface area contributed by atoms with Gasteiger partial charge in [-0.05, 0) is 31.4 Å². The second kappa shape index (κ2) is 8.87. The van der Waals surface area contributed by atoms with Gasteiger partial charge in [0.05, 0.1) is 11.8 Å². The molecule has 2 amide bonds. The number of benzene rings is 1. The van der Waals surface area contributed by atoms with Gasteiger partial charge >= 0.3 is 0 Å². The number of nitrogens with two attached hydrogens (primary N) is 1. The van der Waals surface area contributed by atoms with E-state index in [1.54, 1.807) is 11.0 Å². The summed E-state index contributed by atoms with van der Waals surface area (Å²) in [6.45, 7) is 3.21. The molecule has 1 atom stereocenters. The molecule has 0 bridgehead atoms. The van der Waals surface area contributed by atoms with E-state index in [0.717, 1.165) is 24.0 Å². The van der Waals surface area contributed by atoms with Gasteiger partial charge in [-0.15, -0.1) is 12.4 Å². The fourth-order valence-corrected chi connectivity index (χ4v) is 3.01. The number of nitrogens with one attached hydrogen (secondary N) is 1. The normalized spacial score (nSPS) is 15.8. The predicted octanol–water partition coefficient (Wildman–Crippen LogP) is 2.43. The second-order valence-corrected chi connectivity index (χ2v) is 6.48. The Kier molecular flexibility index (Phi) is 6.83. The standard InChI is InChI=1S/C19H23N3O3.ClH/c1-13-2-4-14(5-3-13)17(20)18(23)21-16-6-9-22(10-7-16)19(24)15-8-11-25-12-15;/h2-5,8,11-12,16-17H,6-7,9-10,20H2,1H3,(H,21,23);1H. The summed E-state index contributed by atoms with van der Waals surface area (Å²) in [6, 6.07) is 8.68. The molecule has 0 saturated carbocycles. The Labute approximate surface area is 159 Å². The van der Waals surface area contributed by atoms with Crippen LogP contribution in [0.2, 0.25) is 0 Å². The number of halogens is 1. The Morgan fingerprint density at radius 1 is 1.19 bits per heavy atom. The van der Waals surface area contributed by atoms with Gasteiger partial charge < -0.3 is 20.4 Å². The summed E-state index contributed by atoms with van der Waals surface area (Å²) in [5, 5.41) is 3.01. The molecule has 2 heterocycles. The van der Waals surface area contributed by atoms with Gasteiger partial charge in [0.25, 0.3) is 5.91 Å². The van der Waals surface area contributed by atoms with Crippen molar-refractivity contribution in [1.82, 2.24) is 10.2 Å². The lowest BCUT2D eigenvalue weighted by molar-refractivity contribution is -0.123. The summed E-state index contributed by atoms with van der Waals surface area (Å²) in [6.07, 6.45) is 4.38. The fourth-order valence-electron chi connectivity index (χ4n) is 3.01. The summed E-state index contributed by atoms with van der Waals surface area (Å²) in [7, 11) is 0. The summed E-state index contributed by atoms with van der Waals surface area (Å²) in [5.41, 5.74) is 8.55. The molecule has 1 aromatic heterocycles. The van der Waals surface area contributed by atoms with Crippen LogP contribution in [0.25, 0.3) is 0 Å². The highest BCUT2D eigenvalue weighted by Crippen LogP contribution is 2.16. The zero-order valence-corrected chi connectivity index (χ0v) is 15.5. The monoisotopic (exact) mass is 377 g/mol. The Morgan fingerprint density at radius 3 is 2.42 bits per heavy atom. The molecule has 1 fully saturated rings. The van der Waals surface area contributed by atoms with Crippen molar-refractivity contribution in [2.75, 3.05) is 13.1 Å². The first-order valence-electron chi connectivity index (χ1n) is 8.48. The zero-order valence-electron chi connectivity index (χ0n) is 14.7. The van der Waals surface area contributed by atoms with Crippen LogP contribution in [-0.4, -0.2) is 35.8 Å². The number of hydrogen-bond donors (Lipinski definition) is 2. The number of nitrogens with zero attached hydrogens (tertiary/aromatic N) is 1. The molecule has 6 nitrogen and oxygen atoms in total. The maximum atomic E-state index is 12.4. The molecule has 0 aliphatic carbocycles. The van der Waals surface area contributed by atoms with E-state index in [4.69, 9.17) is 10.2 Å². The largest absolute Gasteiger partial charge is 0.472 e. The third-order valence-corrected chi connectivity index (χ3v) is 4.62. The van der Waals surface area contributed by atoms with Gasteiger partial charge in [-0.1, -0.05) is 29.8 Å². The molecular formula is C19H24ClN3O3. The lowest BCUT2D eigenvalue weighted by Crippen LogP contribution is -2.48. The fraction of sp³-hybridized carbons (Fsp3) is 0.368. The van der Waals surface area contributed by atoms with E-state index >= 15 is 0 Å². The summed E-state index contributed by atoms with van der Waals surface area (Å²) >= 11 is 0. The number of piperidine rings is 1. The van der Waals surface area contributed by atoms with Crippen LogP contribution in [0.5, 0.6) is 0 Å². The number of rotatable bonds is 4. The van der Waals surface area contributed by atoms with E-state index < -0.39 is 6.04 Å². The van der Waals surface area contributed by atoms with Crippen LogP contribution in [0.15, 0.2) is 47.3 Å². The highest BCUT2D eigenvalue weighted by Gasteiger charge is 2.26. The maximum absolute atomic E-state index is 12.4. The highest BCUT2D eigenvalue weighted by molar-refractivity contribution is 5.93. The minimum Gasteiger partial charge on any atom is -0.472 e. The molecule has 1 unspecified atom stereocenters. The van der Waals surface area contributed by atoms with Crippen LogP contribution in [0.4, 0.5) is 0 Å². The van der Waals surface area contributed by atoms with E-state index in [2.05, 4.69) is 5.32 Å². The molecule has 3 rings (SSSR count). The summed E-state index contributed by atoms with van der Waals surface area (Å²) in [4.78, 5) is 26.4. The number of furan rings is 1. The van der Waals surface area contributed by atoms with E-state index in [0.29, 0.717) is 18.7 Å². The molecule has 7 heteroatoms. The Bertz CT molecular complexity index is 723. The second-order valence-electron chi connectivity index (χ2n) is 6.48.